The van der Waals surface area contributed by atoms with Gasteiger partial charge >= 0.3 is 0 Å². The van der Waals surface area contributed by atoms with E-state index in [0.717, 1.165) is 13.1 Å². The van der Waals surface area contributed by atoms with Crippen molar-refractivity contribution in [3.63, 3.8) is 0 Å². The first-order valence-corrected chi connectivity index (χ1v) is 4.71. The highest BCUT2D eigenvalue weighted by atomic mass is 15.1. The molecule has 0 aliphatic heterocycles. The van der Waals surface area contributed by atoms with E-state index in [-0.39, 0.29) is 0 Å². The molecule has 1 aromatic carbocycles. The summed E-state index contributed by atoms with van der Waals surface area (Å²) >= 11 is 0. The Kier molecular flexibility index (Phi) is 3.77. The Morgan fingerprint density at radius 3 is 2.69 bits per heavy atom. The minimum absolute atomic E-state index is 0.957. The molecule has 0 bridgehead atoms. The SMILES string of the molecule is CCNCc1cccc(N(C)C)c1. The van der Waals surface area contributed by atoms with Crippen LogP contribution in [-0.4, -0.2) is 20.6 Å². The molecule has 0 amide bonds. The fourth-order valence-electron chi connectivity index (χ4n) is 1.21. The standard InChI is InChI=1S/C11H18N2/c1-4-12-9-10-6-5-7-11(8-10)13(2)3/h5-8,12H,4,9H2,1-3H3. The molecular weight excluding hydrogens is 160 g/mol. The van der Waals surface area contributed by atoms with Crippen LogP contribution in [0.4, 0.5) is 5.69 Å². The zero-order valence-electron chi connectivity index (χ0n) is 8.67. The number of nitrogens with one attached hydrogen (secondary N) is 1. The third-order valence-corrected chi connectivity index (χ3v) is 2.01. The summed E-state index contributed by atoms with van der Waals surface area (Å²) in [4.78, 5) is 2.12. The normalized spacial score (nSPS) is 10.1. The third-order valence-electron chi connectivity index (χ3n) is 2.01. The van der Waals surface area contributed by atoms with Gasteiger partial charge in [0, 0.05) is 26.3 Å². The predicted molar refractivity (Wildman–Crippen MR) is 58.1 cm³/mol. The molecule has 0 aliphatic rings. The largest absolute Gasteiger partial charge is 0.378 e. The van der Waals surface area contributed by atoms with Crippen molar-refractivity contribution in [3.05, 3.63) is 29.8 Å². The van der Waals surface area contributed by atoms with Crippen LogP contribution in [0.25, 0.3) is 0 Å². The molecule has 2 nitrogen and oxygen atoms in total. The minimum Gasteiger partial charge on any atom is -0.378 e. The Morgan fingerprint density at radius 1 is 1.31 bits per heavy atom. The lowest BCUT2D eigenvalue weighted by Crippen LogP contribution is -2.13. The lowest BCUT2D eigenvalue weighted by atomic mass is 10.2. The average Bonchev–Trinajstić information content (AvgIpc) is 2.15. The van der Waals surface area contributed by atoms with Crippen LogP contribution in [0.15, 0.2) is 24.3 Å². The summed E-state index contributed by atoms with van der Waals surface area (Å²) in [6.45, 7) is 4.10. The molecule has 0 aliphatic carbocycles. The molecule has 1 aromatic rings. The van der Waals surface area contributed by atoms with Gasteiger partial charge in [0.15, 0.2) is 0 Å². The molecule has 0 spiro atoms. The summed E-state index contributed by atoms with van der Waals surface area (Å²) < 4.78 is 0. The lowest BCUT2D eigenvalue weighted by Gasteiger charge is -2.13. The van der Waals surface area contributed by atoms with Crippen LogP contribution in [0.1, 0.15) is 12.5 Å². The van der Waals surface area contributed by atoms with Gasteiger partial charge in [0.05, 0.1) is 0 Å². The van der Waals surface area contributed by atoms with Crippen molar-refractivity contribution in [3.8, 4) is 0 Å². The van der Waals surface area contributed by atoms with E-state index in [1.165, 1.54) is 11.3 Å². The molecule has 1 rings (SSSR count). The highest BCUT2D eigenvalue weighted by Crippen LogP contribution is 2.12. The smallest absolute Gasteiger partial charge is 0.0364 e. The van der Waals surface area contributed by atoms with Crippen LogP contribution in [0.2, 0.25) is 0 Å². The summed E-state index contributed by atoms with van der Waals surface area (Å²) in [5.74, 6) is 0. The van der Waals surface area contributed by atoms with Gasteiger partial charge in [-0.15, -0.1) is 0 Å². The first kappa shape index (κ1) is 10.1. The Morgan fingerprint density at radius 2 is 2.08 bits per heavy atom. The first-order valence-electron chi connectivity index (χ1n) is 4.71. The zero-order chi connectivity index (χ0) is 9.68. The molecule has 0 fully saturated rings. The highest BCUT2D eigenvalue weighted by molar-refractivity contribution is 5.47. The van der Waals surface area contributed by atoms with Crippen molar-refractivity contribution in [2.45, 2.75) is 13.5 Å². The van der Waals surface area contributed by atoms with Crippen molar-refractivity contribution >= 4 is 5.69 Å². The fourth-order valence-corrected chi connectivity index (χ4v) is 1.21. The molecule has 2 heteroatoms. The first-order chi connectivity index (χ1) is 6.24. The van der Waals surface area contributed by atoms with Gasteiger partial charge in [-0.3, -0.25) is 0 Å². The zero-order valence-corrected chi connectivity index (χ0v) is 8.67. The lowest BCUT2D eigenvalue weighted by molar-refractivity contribution is 0.727. The summed E-state index contributed by atoms with van der Waals surface area (Å²) in [5, 5.41) is 3.31. The minimum atomic E-state index is 0.957. The number of benzene rings is 1. The molecule has 0 saturated carbocycles. The van der Waals surface area contributed by atoms with E-state index >= 15 is 0 Å². The predicted octanol–water partition coefficient (Wildman–Crippen LogP) is 1.86. The molecule has 0 heterocycles. The number of anilines is 1. The van der Waals surface area contributed by atoms with E-state index in [0.29, 0.717) is 0 Å². The monoisotopic (exact) mass is 178 g/mol. The quantitative estimate of drug-likeness (QED) is 0.757. The summed E-state index contributed by atoms with van der Waals surface area (Å²) in [6, 6.07) is 8.58. The number of hydrogen-bond acceptors (Lipinski definition) is 2. The second-order valence-electron chi connectivity index (χ2n) is 3.34. The maximum Gasteiger partial charge on any atom is 0.0364 e. The summed E-state index contributed by atoms with van der Waals surface area (Å²) in [5.41, 5.74) is 2.60. The van der Waals surface area contributed by atoms with E-state index < -0.39 is 0 Å². The van der Waals surface area contributed by atoms with Gasteiger partial charge in [0.2, 0.25) is 0 Å². The van der Waals surface area contributed by atoms with Gasteiger partial charge in [-0.1, -0.05) is 19.1 Å². The molecule has 13 heavy (non-hydrogen) atoms. The van der Waals surface area contributed by atoms with Gasteiger partial charge in [0.25, 0.3) is 0 Å². The van der Waals surface area contributed by atoms with Crippen LogP contribution in [0, 0.1) is 0 Å². The van der Waals surface area contributed by atoms with Gasteiger partial charge < -0.3 is 10.2 Å². The molecular formula is C11H18N2. The van der Waals surface area contributed by atoms with E-state index in [2.05, 4.69) is 55.5 Å². The van der Waals surface area contributed by atoms with Crippen LogP contribution in [0.5, 0.6) is 0 Å². The van der Waals surface area contributed by atoms with E-state index in [1.54, 1.807) is 0 Å². The highest BCUT2D eigenvalue weighted by Gasteiger charge is 1.96. The molecule has 0 saturated heterocycles. The Labute approximate surface area is 80.6 Å². The number of hydrogen-bond donors (Lipinski definition) is 1. The number of nitrogens with zero attached hydrogens (tertiary/aromatic N) is 1. The van der Waals surface area contributed by atoms with Crippen LogP contribution < -0.4 is 10.2 Å². The molecule has 0 atom stereocenters. The summed E-state index contributed by atoms with van der Waals surface area (Å²) in [6.07, 6.45) is 0. The van der Waals surface area contributed by atoms with E-state index in [1.807, 2.05) is 0 Å². The topological polar surface area (TPSA) is 15.3 Å². The van der Waals surface area contributed by atoms with Crippen molar-refractivity contribution in [1.82, 2.24) is 5.32 Å². The van der Waals surface area contributed by atoms with Crippen molar-refractivity contribution in [1.29, 1.82) is 0 Å². The van der Waals surface area contributed by atoms with Gasteiger partial charge in [-0.25, -0.2) is 0 Å². The van der Waals surface area contributed by atoms with Crippen LogP contribution in [0.3, 0.4) is 0 Å². The maximum atomic E-state index is 3.31. The summed E-state index contributed by atoms with van der Waals surface area (Å²) in [7, 11) is 4.12. The van der Waals surface area contributed by atoms with Crippen molar-refractivity contribution < 1.29 is 0 Å². The Balaban J connectivity index is 2.68. The van der Waals surface area contributed by atoms with Crippen molar-refractivity contribution in [2.75, 3.05) is 25.5 Å². The maximum absolute atomic E-state index is 3.31. The second-order valence-corrected chi connectivity index (χ2v) is 3.34. The van der Waals surface area contributed by atoms with Crippen LogP contribution >= 0.6 is 0 Å². The second kappa shape index (κ2) is 4.87. The third kappa shape index (κ3) is 3.07. The van der Waals surface area contributed by atoms with E-state index in [9.17, 15) is 0 Å². The average molecular weight is 178 g/mol. The molecule has 72 valence electrons. The van der Waals surface area contributed by atoms with Crippen molar-refractivity contribution in [2.24, 2.45) is 0 Å². The van der Waals surface area contributed by atoms with E-state index in [4.69, 9.17) is 0 Å². The van der Waals surface area contributed by atoms with Gasteiger partial charge in [-0.05, 0) is 24.2 Å². The molecule has 0 unspecified atom stereocenters. The Hall–Kier alpha value is -1.02. The molecule has 0 aromatic heterocycles. The Bertz CT molecular complexity index is 256. The van der Waals surface area contributed by atoms with Gasteiger partial charge in [-0.2, -0.15) is 0 Å². The van der Waals surface area contributed by atoms with Crippen LogP contribution in [-0.2, 0) is 6.54 Å². The molecule has 1 N–H and O–H groups in total. The fraction of sp³-hybridized carbons (Fsp3) is 0.455. The molecule has 0 radical (unpaired) electrons. The number of rotatable bonds is 4. The van der Waals surface area contributed by atoms with Gasteiger partial charge in [0.1, 0.15) is 0 Å².